The zero-order valence-electron chi connectivity index (χ0n) is 16.9. The SMILES string of the molecule is CNc1nc(C#Cc2ccccc2Cl)nc2c1ncn2[C@@H]1C2C[C@]2(C(C)=O)C(O)[C@H]1O. The van der Waals surface area contributed by atoms with Crippen molar-refractivity contribution in [2.75, 3.05) is 12.4 Å². The first-order valence-corrected chi connectivity index (χ1v) is 10.3. The number of fused-ring (bicyclic) bond motifs is 2. The molecule has 2 aliphatic rings. The lowest BCUT2D eigenvalue weighted by Gasteiger charge is -2.23. The van der Waals surface area contributed by atoms with Gasteiger partial charge in [0.2, 0.25) is 5.82 Å². The fourth-order valence-electron chi connectivity index (χ4n) is 4.82. The van der Waals surface area contributed by atoms with Gasteiger partial charge in [-0.2, -0.15) is 0 Å². The van der Waals surface area contributed by atoms with Gasteiger partial charge in [-0.15, -0.1) is 0 Å². The number of nitrogens with one attached hydrogen (secondary N) is 1. The Labute approximate surface area is 183 Å². The first-order valence-electron chi connectivity index (χ1n) is 9.94. The summed E-state index contributed by atoms with van der Waals surface area (Å²) < 4.78 is 1.73. The number of aliphatic hydroxyl groups is 2. The molecule has 158 valence electrons. The third-order valence-electron chi connectivity index (χ3n) is 6.49. The lowest BCUT2D eigenvalue weighted by molar-refractivity contribution is -0.128. The molecule has 3 aromatic rings. The van der Waals surface area contributed by atoms with E-state index in [9.17, 15) is 15.0 Å². The second-order valence-electron chi connectivity index (χ2n) is 8.03. The van der Waals surface area contributed by atoms with E-state index >= 15 is 0 Å². The molecule has 5 rings (SSSR count). The van der Waals surface area contributed by atoms with Gasteiger partial charge in [0, 0.05) is 12.6 Å². The highest BCUT2D eigenvalue weighted by Gasteiger charge is 2.74. The second kappa shape index (κ2) is 7.02. The number of anilines is 1. The first kappa shape index (κ1) is 19.9. The van der Waals surface area contributed by atoms with Gasteiger partial charge in [0.25, 0.3) is 0 Å². The summed E-state index contributed by atoms with van der Waals surface area (Å²) in [5, 5.41) is 24.8. The largest absolute Gasteiger partial charge is 0.389 e. The third kappa shape index (κ3) is 2.85. The van der Waals surface area contributed by atoms with Crippen LogP contribution in [0.15, 0.2) is 30.6 Å². The van der Waals surface area contributed by atoms with Crippen LogP contribution < -0.4 is 5.32 Å². The normalized spacial score (nSPS) is 28.7. The molecule has 31 heavy (non-hydrogen) atoms. The topological polar surface area (TPSA) is 113 Å². The summed E-state index contributed by atoms with van der Waals surface area (Å²) >= 11 is 6.18. The van der Waals surface area contributed by atoms with Crippen LogP contribution in [0, 0.1) is 23.2 Å². The summed E-state index contributed by atoms with van der Waals surface area (Å²) in [5.74, 6) is 6.41. The monoisotopic (exact) mass is 437 g/mol. The Morgan fingerprint density at radius 1 is 1.29 bits per heavy atom. The van der Waals surface area contributed by atoms with Crippen LogP contribution in [0.1, 0.15) is 30.8 Å². The van der Waals surface area contributed by atoms with Crippen molar-refractivity contribution in [3.8, 4) is 11.8 Å². The molecular formula is C22H20ClN5O3. The molecule has 9 heteroatoms. The Balaban J connectivity index is 1.60. The van der Waals surface area contributed by atoms with Gasteiger partial charge < -0.3 is 20.1 Å². The van der Waals surface area contributed by atoms with Crippen LogP contribution in [0.5, 0.6) is 0 Å². The minimum Gasteiger partial charge on any atom is -0.389 e. The Morgan fingerprint density at radius 2 is 2.06 bits per heavy atom. The Hall–Kier alpha value is -2.99. The van der Waals surface area contributed by atoms with Crippen molar-refractivity contribution in [1.82, 2.24) is 19.5 Å². The average molecular weight is 438 g/mol. The molecule has 3 N–H and O–H groups in total. The third-order valence-corrected chi connectivity index (χ3v) is 6.82. The molecule has 0 aliphatic heterocycles. The number of aromatic nitrogens is 4. The van der Waals surface area contributed by atoms with E-state index in [4.69, 9.17) is 11.6 Å². The number of carbonyl (C=O) groups excluding carboxylic acids is 1. The lowest BCUT2D eigenvalue weighted by Crippen LogP contribution is -2.36. The van der Waals surface area contributed by atoms with E-state index in [2.05, 4.69) is 32.1 Å². The molecular weight excluding hydrogens is 418 g/mol. The zero-order valence-corrected chi connectivity index (χ0v) is 17.6. The number of nitrogens with zero attached hydrogens (tertiary/aromatic N) is 4. The maximum atomic E-state index is 12.2. The predicted molar refractivity (Wildman–Crippen MR) is 115 cm³/mol. The summed E-state index contributed by atoms with van der Waals surface area (Å²) in [6, 6.07) is 6.73. The van der Waals surface area contributed by atoms with Crippen molar-refractivity contribution in [2.45, 2.75) is 31.6 Å². The van der Waals surface area contributed by atoms with Gasteiger partial charge in [0.1, 0.15) is 11.9 Å². The number of hydrogen-bond acceptors (Lipinski definition) is 7. The molecule has 2 heterocycles. The molecule has 0 radical (unpaired) electrons. The van der Waals surface area contributed by atoms with E-state index < -0.39 is 23.7 Å². The number of carbonyl (C=O) groups is 1. The van der Waals surface area contributed by atoms with E-state index in [-0.39, 0.29) is 17.5 Å². The van der Waals surface area contributed by atoms with E-state index in [1.807, 2.05) is 18.2 Å². The Bertz CT molecular complexity index is 1280. The van der Waals surface area contributed by atoms with Crippen LogP contribution in [0.3, 0.4) is 0 Å². The van der Waals surface area contributed by atoms with Gasteiger partial charge in [-0.25, -0.2) is 15.0 Å². The molecule has 1 aromatic carbocycles. The Morgan fingerprint density at radius 3 is 2.74 bits per heavy atom. The Kier molecular flexibility index (Phi) is 4.52. The molecule has 2 unspecified atom stereocenters. The molecule has 8 nitrogen and oxygen atoms in total. The van der Waals surface area contributed by atoms with Crippen molar-refractivity contribution in [2.24, 2.45) is 11.3 Å². The van der Waals surface area contributed by atoms with E-state index in [0.717, 1.165) is 0 Å². The number of ketones is 1. The quantitative estimate of drug-likeness (QED) is 0.535. The fourth-order valence-corrected chi connectivity index (χ4v) is 5.01. The average Bonchev–Trinajstić information content (AvgIpc) is 3.31. The summed E-state index contributed by atoms with van der Waals surface area (Å²) in [6.07, 6.45) is -0.0949. The van der Waals surface area contributed by atoms with Gasteiger partial charge in [0.05, 0.1) is 28.9 Å². The van der Waals surface area contributed by atoms with E-state index in [0.29, 0.717) is 34.0 Å². The van der Waals surface area contributed by atoms with Crippen molar-refractivity contribution in [3.05, 3.63) is 47.0 Å². The van der Waals surface area contributed by atoms with Gasteiger partial charge in [0.15, 0.2) is 17.0 Å². The smallest absolute Gasteiger partial charge is 0.209 e. The highest BCUT2D eigenvalue weighted by Crippen LogP contribution is 2.68. The minimum atomic E-state index is -1.11. The van der Waals surface area contributed by atoms with Gasteiger partial charge in [-0.3, -0.25) is 4.79 Å². The van der Waals surface area contributed by atoms with Crippen molar-refractivity contribution >= 4 is 34.4 Å². The summed E-state index contributed by atoms with van der Waals surface area (Å²) in [4.78, 5) is 25.6. The van der Waals surface area contributed by atoms with Crippen molar-refractivity contribution < 1.29 is 15.0 Å². The molecule has 2 saturated carbocycles. The van der Waals surface area contributed by atoms with Crippen LogP contribution in [0.4, 0.5) is 5.82 Å². The number of halogens is 1. The maximum Gasteiger partial charge on any atom is 0.209 e. The summed E-state index contributed by atoms with van der Waals surface area (Å²) in [5.41, 5.74) is 0.774. The predicted octanol–water partition coefficient (Wildman–Crippen LogP) is 1.79. The van der Waals surface area contributed by atoms with Gasteiger partial charge in [-0.1, -0.05) is 29.7 Å². The molecule has 0 bridgehead atoms. The van der Waals surface area contributed by atoms with Gasteiger partial charge in [-0.05, 0) is 37.3 Å². The fraction of sp³-hybridized carbons (Fsp3) is 0.364. The van der Waals surface area contributed by atoms with Crippen LogP contribution in [0.25, 0.3) is 11.2 Å². The van der Waals surface area contributed by atoms with Gasteiger partial charge >= 0.3 is 0 Å². The first-order chi connectivity index (χ1) is 14.9. The maximum absolute atomic E-state index is 12.2. The lowest BCUT2D eigenvalue weighted by atomic mass is 9.95. The van der Waals surface area contributed by atoms with Crippen LogP contribution in [-0.4, -0.2) is 54.8 Å². The minimum absolute atomic E-state index is 0.104. The number of imidazole rings is 1. The number of benzene rings is 1. The summed E-state index contributed by atoms with van der Waals surface area (Å²) in [6.45, 7) is 1.47. The number of Topliss-reactive ketones (excluding diaryl/α,β-unsaturated/α-hetero) is 1. The number of rotatable bonds is 3. The number of hydrogen-bond donors (Lipinski definition) is 3. The standard InChI is InChI=1S/C22H20ClN5O3/c1-11(29)22-9-13(22)17(18(30)19(22)31)28-10-25-16-20(24-2)26-15(27-21(16)28)8-7-12-5-3-4-6-14(12)23/h3-6,10,13,17-19,30-31H,9H2,1-2H3,(H,24,26,27)/t13?,17-,18+,19?,22-/m1/s1. The highest BCUT2D eigenvalue weighted by molar-refractivity contribution is 6.31. The van der Waals surface area contributed by atoms with Crippen LogP contribution in [-0.2, 0) is 4.79 Å². The molecule has 2 fully saturated rings. The molecule has 0 spiro atoms. The molecule has 5 atom stereocenters. The molecule has 0 amide bonds. The zero-order chi connectivity index (χ0) is 21.9. The molecule has 2 aromatic heterocycles. The van der Waals surface area contributed by atoms with Crippen LogP contribution in [0.2, 0.25) is 5.02 Å². The molecule has 0 saturated heterocycles. The van der Waals surface area contributed by atoms with E-state index in [1.54, 1.807) is 24.0 Å². The van der Waals surface area contributed by atoms with Crippen molar-refractivity contribution in [3.63, 3.8) is 0 Å². The highest BCUT2D eigenvalue weighted by atomic mass is 35.5. The molecule has 2 aliphatic carbocycles. The van der Waals surface area contributed by atoms with Crippen molar-refractivity contribution in [1.29, 1.82) is 0 Å². The summed E-state index contributed by atoms with van der Waals surface area (Å²) in [7, 11) is 1.72. The van der Waals surface area contributed by atoms with E-state index in [1.165, 1.54) is 6.92 Å². The second-order valence-corrected chi connectivity index (χ2v) is 8.44. The number of aliphatic hydroxyl groups excluding tert-OH is 2. The van der Waals surface area contributed by atoms with Crippen LogP contribution >= 0.6 is 11.6 Å².